The Balaban J connectivity index is 1.89. The van der Waals surface area contributed by atoms with Gasteiger partial charge in [-0.2, -0.15) is 5.10 Å². The second kappa shape index (κ2) is 5.00. The molecule has 2 aromatic rings. The third-order valence-corrected chi connectivity index (χ3v) is 3.81. The second-order valence-electron chi connectivity index (χ2n) is 5.16. The number of Topliss-reactive ketones (excluding diaryl/α,β-unsaturated/α-hetero) is 1. The second-order valence-corrected chi connectivity index (χ2v) is 5.16. The predicted molar refractivity (Wildman–Crippen MR) is 76.0 cm³/mol. The van der Waals surface area contributed by atoms with E-state index in [1.807, 2.05) is 36.0 Å². The highest BCUT2D eigenvalue weighted by Gasteiger charge is 2.16. The smallest absolute Gasteiger partial charge is 0.164 e. The Bertz CT molecular complexity index is 652. The number of hydrogen-bond acceptors (Lipinski definition) is 2. The number of allylic oxidation sites excluding steroid dienone is 2. The van der Waals surface area contributed by atoms with Crippen LogP contribution < -0.4 is 0 Å². The minimum atomic E-state index is 0.239. The summed E-state index contributed by atoms with van der Waals surface area (Å²) < 4.78 is 1.85. The van der Waals surface area contributed by atoms with E-state index in [1.54, 1.807) is 0 Å². The van der Waals surface area contributed by atoms with Gasteiger partial charge in [-0.1, -0.05) is 24.3 Å². The van der Waals surface area contributed by atoms with Crippen LogP contribution >= 0.6 is 0 Å². The first-order valence-corrected chi connectivity index (χ1v) is 6.88. The molecule has 0 bridgehead atoms. The van der Waals surface area contributed by atoms with Gasteiger partial charge in [0.2, 0.25) is 0 Å². The lowest BCUT2D eigenvalue weighted by Crippen LogP contribution is -2.09. The molecule has 1 aromatic heterocycles. The Morgan fingerprint density at radius 2 is 2.16 bits per heavy atom. The van der Waals surface area contributed by atoms with Gasteiger partial charge in [0.1, 0.15) is 0 Å². The maximum absolute atomic E-state index is 12.3. The van der Waals surface area contributed by atoms with Crippen molar-refractivity contribution >= 4 is 16.7 Å². The van der Waals surface area contributed by atoms with Gasteiger partial charge < -0.3 is 0 Å². The molecule has 0 saturated heterocycles. The molecule has 0 unspecified atom stereocenters. The highest BCUT2D eigenvalue weighted by atomic mass is 16.1. The zero-order chi connectivity index (χ0) is 13.2. The van der Waals surface area contributed by atoms with Crippen LogP contribution in [0.2, 0.25) is 0 Å². The number of carbonyl (C=O) groups excluding carboxylic acids is 1. The van der Waals surface area contributed by atoms with Gasteiger partial charge in [0.05, 0.1) is 17.6 Å². The highest BCUT2D eigenvalue weighted by Crippen LogP contribution is 2.22. The standard InChI is InChI=1S/C16H18N2O/c1-18-15-10-6-5-9-13(15)14(17-18)11-16(19)12-7-3-2-4-8-12/h5-7,9-10H,2-4,8,11H2,1H3. The minimum absolute atomic E-state index is 0.239. The maximum Gasteiger partial charge on any atom is 0.164 e. The summed E-state index contributed by atoms with van der Waals surface area (Å²) in [5.74, 6) is 0.239. The number of benzene rings is 1. The molecule has 3 nitrogen and oxygen atoms in total. The molecule has 19 heavy (non-hydrogen) atoms. The monoisotopic (exact) mass is 254 g/mol. The van der Waals surface area contributed by atoms with Gasteiger partial charge >= 0.3 is 0 Å². The molecule has 98 valence electrons. The van der Waals surface area contributed by atoms with Gasteiger partial charge in [0, 0.05) is 12.4 Å². The molecule has 1 aliphatic carbocycles. The lowest BCUT2D eigenvalue weighted by Gasteiger charge is -2.10. The summed E-state index contributed by atoms with van der Waals surface area (Å²) in [7, 11) is 1.93. The summed E-state index contributed by atoms with van der Waals surface area (Å²) in [6.45, 7) is 0. The number of carbonyl (C=O) groups is 1. The first-order valence-electron chi connectivity index (χ1n) is 6.88. The van der Waals surface area contributed by atoms with E-state index in [2.05, 4.69) is 11.2 Å². The summed E-state index contributed by atoms with van der Waals surface area (Å²) >= 11 is 0. The van der Waals surface area contributed by atoms with Crippen molar-refractivity contribution in [3.05, 3.63) is 41.6 Å². The zero-order valence-corrected chi connectivity index (χ0v) is 11.2. The van der Waals surface area contributed by atoms with E-state index in [0.717, 1.165) is 41.4 Å². The number of para-hydroxylation sites is 1. The van der Waals surface area contributed by atoms with E-state index in [0.29, 0.717) is 6.42 Å². The molecule has 0 radical (unpaired) electrons. The molecule has 1 heterocycles. The topological polar surface area (TPSA) is 34.9 Å². The van der Waals surface area contributed by atoms with Crippen LogP contribution in [0.4, 0.5) is 0 Å². The Morgan fingerprint density at radius 1 is 1.32 bits per heavy atom. The normalized spacial score (nSPS) is 15.5. The van der Waals surface area contributed by atoms with E-state index in [4.69, 9.17) is 0 Å². The van der Waals surface area contributed by atoms with Crippen molar-refractivity contribution < 1.29 is 4.79 Å². The van der Waals surface area contributed by atoms with Crippen LogP contribution in [0.5, 0.6) is 0 Å². The van der Waals surface area contributed by atoms with E-state index in [1.165, 1.54) is 6.42 Å². The molecule has 0 amide bonds. The van der Waals surface area contributed by atoms with Crippen LogP contribution in [0.1, 0.15) is 31.4 Å². The lowest BCUT2D eigenvalue weighted by atomic mass is 9.94. The van der Waals surface area contributed by atoms with E-state index < -0.39 is 0 Å². The largest absolute Gasteiger partial charge is 0.294 e. The van der Waals surface area contributed by atoms with Crippen molar-refractivity contribution in [2.24, 2.45) is 7.05 Å². The zero-order valence-electron chi connectivity index (χ0n) is 11.2. The van der Waals surface area contributed by atoms with Crippen LogP contribution in [0.3, 0.4) is 0 Å². The summed E-state index contributed by atoms with van der Waals surface area (Å²) in [4.78, 5) is 12.3. The van der Waals surface area contributed by atoms with Crippen molar-refractivity contribution in [1.29, 1.82) is 0 Å². The quantitative estimate of drug-likeness (QED) is 0.843. The van der Waals surface area contributed by atoms with Crippen molar-refractivity contribution in [3.8, 4) is 0 Å². The Hall–Kier alpha value is -1.90. The molecule has 0 atom stereocenters. The number of ketones is 1. The van der Waals surface area contributed by atoms with Gasteiger partial charge in [0.15, 0.2) is 5.78 Å². The van der Waals surface area contributed by atoms with Crippen LogP contribution in [0, 0.1) is 0 Å². The number of fused-ring (bicyclic) bond motifs is 1. The van der Waals surface area contributed by atoms with Crippen LogP contribution in [-0.2, 0) is 18.3 Å². The average Bonchev–Trinajstić information content (AvgIpc) is 2.77. The van der Waals surface area contributed by atoms with Crippen molar-refractivity contribution in [1.82, 2.24) is 9.78 Å². The molecule has 0 fully saturated rings. The number of nitrogens with zero attached hydrogens (tertiary/aromatic N) is 2. The van der Waals surface area contributed by atoms with Crippen molar-refractivity contribution in [2.45, 2.75) is 32.1 Å². The summed E-state index contributed by atoms with van der Waals surface area (Å²) in [6.07, 6.45) is 6.86. The van der Waals surface area contributed by atoms with Gasteiger partial charge in [-0.3, -0.25) is 9.48 Å². The third-order valence-electron chi connectivity index (χ3n) is 3.81. The molecule has 3 heteroatoms. The highest BCUT2D eigenvalue weighted by molar-refractivity contribution is 5.98. The Labute approximate surface area is 112 Å². The summed E-state index contributed by atoms with van der Waals surface area (Å²) in [5.41, 5.74) is 2.98. The summed E-state index contributed by atoms with van der Waals surface area (Å²) in [6, 6.07) is 8.08. The van der Waals surface area contributed by atoms with Gasteiger partial charge in [-0.25, -0.2) is 0 Å². The molecule has 3 rings (SSSR count). The summed E-state index contributed by atoms with van der Waals surface area (Å²) in [5, 5.41) is 5.59. The first kappa shape index (κ1) is 12.2. The van der Waals surface area contributed by atoms with Gasteiger partial charge in [-0.15, -0.1) is 0 Å². The van der Waals surface area contributed by atoms with Gasteiger partial charge in [-0.05, 0) is 37.3 Å². The van der Waals surface area contributed by atoms with Crippen LogP contribution in [0.15, 0.2) is 35.9 Å². The number of hydrogen-bond donors (Lipinski definition) is 0. The Kier molecular flexibility index (Phi) is 3.20. The number of aromatic nitrogens is 2. The fourth-order valence-electron chi connectivity index (χ4n) is 2.78. The molecule has 1 aromatic carbocycles. The van der Waals surface area contributed by atoms with Crippen molar-refractivity contribution in [2.75, 3.05) is 0 Å². The molecular formula is C16H18N2O. The third kappa shape index (κ3) is 2.33. The minimum Gasteiger partial charge on any atom is -0.294 e. The predicted octanol–water partition coefficient (Wildman–Crippen LogP) is 3.19. The average molecular weight is 254 g/mol. The molecule has 1 aliphatic rings. The van der Waals surface area contributed by atoms with Crippen LogP contribution in [-0.4, -0.2) is 15.6 Å². The Morgan fingerprint density at radius 3 is 2.95 bits per heavy atom. The number of rotatable bonds is 3. The van der Waals surface area contributed by atoms with Crippen molar-refractivity contribution in [3.63, 3.8) is 0 Å². The molecule has 0 N–H and O–H groups in total. The molecular weight excluding hydrogens is 236 g/mol. The maximum atomic E-state index is 12.3. The van der Waals surface area contributed by atoms with E-state index in [9.17, 15) is 4.79 Å². The molecule has 0 saturated carbocycles. The van der Waals surface area contributed by atoms with Crippen LogP contribution in [0.25, 0.3) is 10.9 Å². The number of aryl methyl sites for hydroxylation is 1. The van der Waals surface area contributed by atoms with E-state index >= 15 is 0 Å². The SMILES string of the molecule is Cn1nc(CC(=O)C2=CCCCC2)c2ccccc21. The van der Waals surface area contributed by atoms with E-state index in [-0.39, 0.29) is 5.78 Å². The lowest BCUT2D eigenvalue weighted by molar-refractivity contribution is -0.115. The fourth-order valence-corrected chi connectivity index (χ4v) is 2.78. The first-order chi connectivity index (χ1) is 9.25. The molecule has 0 spiro atoms. The van der Waals surface area contributed by atoms with Gasteiger partial charge in [0.25, 0.3) is 0 Å². The molecule has 0 aliphatic heterocycles. The fraction of sp³-hybridized carbons (Fsp3) is 0.375.